The SMILES string of the molecule is O=C(NCCc1cccc(Cl)c1)NCOc1ccccc1. The quantitative estimate of drug-likeness (QED) is 0.805. The van der Waals surface area contributed by atoms with Gasteiger partial charge in [-0.05, 0) is 36.2 Å². The van der Waals surface area contributed by atoms with Crippen molar-refractivity contribution >= 4 is 17.6 Å². The van der Waals surface area contributed by atoms with Crippen LogP contribution in [0.1, 0.15) is 5.56 Å². The highest BCUT2D eigenvalue weighted by atomic mass is 35.5. The minimum absolute atomic E-state index is 0.132. The minimum Gasteiger partial charge on any atom is -0.473 e. The minimum atomic E-state index is -0.257. The van der Waals surface area contributed by atoms with Gasteiger partial charge in [0.2, 0.25) is 0 Å². The van der Waals surface area contributed by atoms with Crippen LogP contribution >= 0.6 is 11.6 Å². The van der Waals surface area contributed by atoms with E-state index in [1.165, 1.54) is 0 Å². The molecule has 2 aromatic rings. The van der Waals surface area contributed by atoms with Crippen molar-refractivity contribution in [3.8, 4) is 5.75 Å². The fraction of sp³-hybridized carbons (Fsp3) is 0.188. The number of hydrogen-bond acceptors (Lipinski definition) is 2. The maximum Gasteiger partial charge on any atom is 0.317 e. The molecule has 2 aromatic carbocycles. The molecule has 0 aliphatic rings. The summed E-state index contributed by atoms with van der Waals surface area (Å²) < 4.78 is 5.37. The molecule has 0 heterocycles. The zero-order chi connectivity index (χ0) is 14.9. The van der Waals surface area contributed by atoms with E-state index < -0.39 is 0 Å². The number of nitrogens with one attached hydrogen (secondary N) is 2. The molecule has 0 radical (unpaired) electrons. The second-order valence-corrected chi connectivity index (χ2v) is 4.85. The normalized spacial score (nSPS) is 9.95. The lowest BCUT2D eigenvalue weighted by Gasteiger charge is -2.09. The number of amides is 2. The molecule has 0 aliphatic carbocycles. The van der Waals surface area contributed by atoms with E-state index in [0.29, 0.717) is 11.6 Å². The Kier molecular flexibility index (Phi) is 5.91. The van der Waals surface area contributed by atoms with Crippen LogP contribution in [0.5, 0.6) is 5.75 Å². The number of ether oxygens (including phenoxy) is 1. The molecule has 4 nitrogen and oxygen atoms in total. The summed E-state index contributed by atoms with van der Waals surface area (Å²) in [5.41, 5.74) is 1.09. The molecule has 2 amide bonds. The van der Waals surface area contributed by atoms with Gasteiger partial charge in [0.25, 0.3) is 0 Å². The Morgan fingerprint density at radius 1 is 1.05 bits per heavy atom. The largest absolute Gasteiger partial charge is 0.473 e. The van der Waals surface area contributed by atoms with Gasteiger partial charge < -0.3 is 15.4 Å². The van der Waals surface area contributed by atoms with E-state index in [1.54, 1.807) is 0 Å². The van der Waals surface area contributed by atoms with Gasteiger partial charge in [-0.15, -0.1) is 0 Å². The van der Waals surface area contributed by atoms with Crippen molar-refractivity contribution in [1.82, 2.24) is 10.6 Å². The predicted octanol–water partition coefficient (Wildman–Crippen LogP) is 3.22. The summed E-state index contributed by atoms with van der Waals surface area (Å²) in [5.74, 6) is 0.719. The third-order valence-corrected chi connectivity index (χ3v) is 3.04. The highest BCUT2D eigenvalue weighted by Gasteiger charge is 2.00. The summed E-state index contributed by atoms with van der Waals surface area (Å²) >= 11 is 5.90. The van der Waals surface area contributed by atoms with Crippen molar-refractivity contribution in [3.05, 3.63) is 65.2 Å². The van der Waals surface area contributed by atoms with Gasteiger partial charge in [0.05, 0.1) is 0 Å². The van der Waals surface area contributed by atoms with Crippen LogP contribution in [0.2, 0.25) is 5.02 Å². The summed E-state index contributed by atoms with van der Waals surface area (Å²) in [6.45, 7) is 0.671. The highest BCUT2D eigenvalue weighted by Crippen LogP contribution is 2.10. The van der Waals surface area contributed by atoms with Gasteiger partial charge in [-0.25, -0.2) is 4.79 Å². The number of hydrogen-bond donors (Lipinski definition) is 2. The van der Waals surface area contributed by atoms with E-state index in [4.69, 9.17) is 16.3 Å². The van der Waals surface area contributed by atoms with Gasteiger partial charge in [-0.3, -0.25) is 0 Å². The Bertz CT molecular complexity index is 575. The molecule has 2 N–H and O–H groups in total. The first-order valence-corrected chi connectivity index (χ1v) is 7.06. The van der Waals surface area contributed by atoms with Crippen LogP contribution in [-0.4, -0.2) is 19.3 Å². The van der Waals surface area contributed by atoms with E-state index in [9.17, 15) is 4.79 Å². The van der Waals surface area contributed by atoms with Gasteiger partial charge in [0, 0.05) is 11.6 Å². The summed E-state index contributed by atoms with van der Waals surface area (Å²) in [4.78, 5) is 11.6. The van der Waals surface area contributed by atoms with Crippen LogP contribution in [0.4, 0.5) is 4.79 Å². The summed E-state index contributed by atoms with van der Waals surface area (Å²) in [7, 11) is 0. The summed E-state index contributed by atoms with van der Waals surface area (Å²) in [5, 5.41) is 6.10. The first kappa shape index (κ1) is 15.2. The van der Waals surface area contributed by atoms with E-state index >= 15 is 0 Å². The average molecular weight is 305 g/mol. The predicted molar refractivity (Wildman–Crippen MR) is 83.6 cm³/mol. The van der Waals surface area contributed by atoms with Gasteiger partial charge >= 0.3 is 6.03 Å². The molecule has 0 bridgehead atoms. The molecule has 5 heteroatoms. The van der Waals surface area contributed by atoms with Crippen molar-refractivity contribution in [2.24, 2.45) is 0 Å². The molecule has 0 spiro atoms. The molecule has 0 saturated heterocycles. The van der Waals surface area contributed by atoms with Gasteiger partial charge in [0.15, 0.2) is 6.73 Å². The van der Waals surface area contributed by atoms with E-state index in [2.05, 4.69) is 10.6 Å². The lowest BCUT2D eigenvalue weighted by Crippen LogP contribution is -2.38. The second-order valence-electron chi connectivity index (χ2n) is 4.41. The maximum absolute atomic E-state index is 11.6. The van der Waals surface area contributed by atoms with Crippen LogP contribution < -0.4 is 15.4 Å². The molecule has 0 aliphatic heterocycles. The van der Waals surface area contributed by atoms with Crippen LogP contribution in [0, 0.1) is 0 Å². The molecule has 0 aromatic heterocycles. The van der Waals surface area contributed by atoms with Crippen molar-refractivity contribution < 1.29 is 9.53 Å². The summed E-state index contributed by atoms with van der Waals surface area (Å²) in [6, 6.07) is 16.6. The number of carbonyl (C=O) groups excluding carboxylic acids is 1. The van der Waals surface area contributed by atoms with Crippen LogP contribution in [0.15, 0.2) is 54.6 Å². The molecular weight excluding hydrogens is 288 g/mol. The molecule has 0 saturated carbocycles. The van der Waals surface area contributed by atoms with E-state index in [-0.39, 0.29) is 12.8 Å². The molecule has 0 fully saturated rings. The van der Waals surface area contributed by atoms with Crippen molar-refractivity contribution in [1.29, 1.82) is 0 Å². The topological polar surface area (TPSA) is 50.4 Å². The van der Waals surface area contributed by atoms with Crippen molar-refractivity contribution in [2.75, 3.05) is 13.3 Å². The smallest absolute Gasteiger partial charge is 0.317 e. The standard InChI is InChI=1S/C16H17ClN2O2/c17-14-6-4-5-13(11-14)9-10-18-16(20)19-12-21-15-7-2-1-3-8-15/h1-8,11H,9-10,12H2,(H2,18,19,20). The van der Waals surface area contributed by atoms with E-state index in [0.717, 1.165) is 17.7 Å². The zero-order valence-electron chi connectivity index (χ0n) is 11.5. The maximum atomic E-state index is 11.6. The number of para-hydroxylation sites is 1. The van der Waals surface area contributed by atoms with Crippen LogP contribution in [0.25, 0.3) is 0 Å². The lowest BCUT2D eigenvalue weighted by molar-refractivity contribution is 0.224. The lowest BCUT2D eigenvalue weighted by atomic mass is 10.1. The highest BCUT2D eigenvalue weighted by molar-refractivity contribution is 6.30. The van der Waals surface area contributed by atoms with Crippen LogP contribution in [0.3, 0.4) is 0 Å². The first-order chi connectivity index (χ1) is 10.2. The number of halogens is 1. The average Bonchev–Trinajstić information content (AvgIpc) is 2.48. The summed E-state index contributed by atoms with van der Waals surface area (Å²) in [6.07, 6.45) is 0.730. The third kappa shape index (κ3) is 5.75. The Labute approximate surface area is 129 Å². The third-order valence-electron chi connectivity index (χ3n) is 2.80. The molecule has 0 unspecified atom stereocenters. The first-order valence-electron chi connectivity index (χ1n) is 6.68. The monoisotopic (exact) mass is 304 g/mol. The molecule has 2 rings (SSSR count). The molecule has 110 valence electrons. The Hall–Kier alpha value is -2.20. The van der Waals surface area contributed by atoms with Gasteiger partial charge in [0.1, 0.15) is 5.75 Å². The van der Waals surface area contributed by atoms with Crippen molar-refractivity contribution in [3.63, 3.8) is 0 Å². The van der Waals surface area contributed by atoms with Crippen LogP contribution in [-0.2, 0) is 6.42 Å². The van der Waals surface area contributed by atoms with E-state index in [1.807, 2.05) is 54.6 Å². The fourth-order valence-electron chi connectivity index (χ4n) is 1.78. The Morgan fingerprint density at radius 3 is 2.62 bits per heavy atom. The Balaban J connectivity index is 1.61. The fourth-order valence-corrected chi connectivity index (χ4v) is 1.99. The Morgan fingerprint density at radius 2 is 1.86 bits per heavy atom. The number of benzene rings is 2. The van der Waals surface area contributed by atoms with Gasteiger partial charge in [-0.2, -0.15) is 0 Å². The van der Waals surface area contributed by atoms with Crippen molar-refractivity contribution in [2.45, 2.75) is 6.42 Å². The second kappa shape index (κ2) is 8.17. The number of carbonyl (C=O) groups is 1. The zero-order valence-corrected chi connectivity index (χ0v) is 12.3. The molecular formula is C16H17ClN2O2. The number of rotatable bonds is 6. The molecule has 0 atom stereocenters. The van der Waals surface area contributed by atoms with Gasteiger partial charge in [-0.1, -0.05) is 41.9 Å². The molecule has 21 heavy (non-hydrogen) atoms. The number of urea groups is 1.